The van der Waals surface area contributed by atoms with Crippen molar-refractivity contribution in [3.8, 4) is 0 Å². The van der Waals surface area contributed by atoms with Crippen molar-refractivity contribution in [2.24, 2.45) is 56.7 Å². The Bertz CT molecular complexity index is 1430. The molecule has 1 aliphatic heterocycles. The molecule has 6 heteroatoms. The first kappa shape index (κ1) is 36.8. The molecule has 50 heavy (non-hydrogen) atoms. The molecule has 1 heterocycles. The minimum Gasteiger partial charge on any atom is -0.481 e. The van der Waals surface area contributed by atoms with Crippen LogP contribution in [0.2, 0.25) is 0 Å². The zero-order valence-electron chi connectivity index (χ0n) is 32.3. The quantitative estimate of drug-likeness (QED) is 0.221. The second kappa shape index (κ2) is 12.5. The van der Waals surface area contributed by atoms with Crippen LogP contribution in [0.1, 0.15) is 138 Å². The van der Waals surface area contributed by atoms with Gasteiger partial charge < -0.3 is 20.3 Å². The zero-order chi connectivity index (χ0) is 36.0. The summed E-state index contributed by atoms with van der Waals surface area (Å²) >= 11 is 0. The van der Waals surface area contributed by atoms with Crippen molar-refractivity contribution in [3.63, 3.8) is 0 Å². The van der Waals surface area contributed by atoms with Crippen LogP contribution in [0.5, 0.6) is 0 Å². The Morgan fingerprint density at radius 2 is 1.66 bits per heavy atom. The molecule has 7 rings (SSSR count). The number of nitrogens with one attached hydrogen (secondary N) is 1. The van der Waals surface area contributed by atoms with Crippen LogP contribution in [-0.4, -0.2) is 53.8 Å². The normalized spacial score (nSPS) is 46.4. The number of alkyl halides is 1. The summed E-state index contributed by atoms with van der Waals surface area (Å²) in [5.41, 5.74) is 3.08. The fourth-order valence-electron chi connectivity index (χ4n) is 14.7. The number of carboxylic acids is 1. The van der Waals surface area contributed by atoms with Gasteiger partial charge in [0.2, 0.25) is 0 Å². The molecule has 3 N–H and O–H groups in total. The maximum absolute atomic E-state index is 14.0. The van der Waals surface area contributed by atoms with Gasteiger partial charge in [-0.25, -0.2) is 4.39 Å². The smallest absolute Gasteiger partial charge is 0.312 e. The SMILES string of the molecule is C=C(C)[C@@H]1CC[C@]2(NCCC3(O)CCOCC3)CC[C@]3(C)[C@H](CC[C@@H]4[C@@]5(C)CC=C(C6=CCC(CF)(C(=O)O)CC6)C(C)(C)[C@@H]5CC[C@]43C)[C@@H]12. The van der Waals surface area contributed by atoms with E-state index in [2.05, 4.69) is 65.6 Å². The van der Waals surface area contributed by atoms with E-state index in [1.165, 1.54) is 68.1 Å². The van der Waals surface area contributed by atoms with Gasteiger partial charge in [0.15, 0.2) is 0 Å². The van der Waals surface area contributed by atoms with Gasteiger partial charge in [0.05, 0.1) is 11.0 Å². The lowest BCUT2D eigenvalue weighted by Crippen LogP contribution is -2.68. The first-order valence-corrected chi connectivity index (χ1v) is 20.4. The molecule has 6 aliphatic carbocycles. The molecule has 4 saturated carbocycles. The summed E-state index contributed by atoms with van der Waals surface area (Å²) < 4.78 is 19.5. The molecule has 5 nitrogen and oxygen atoms in total. The number of allylic oxidation sites excluding steroid dienone is 5. The van der Waals surface area contributed by atoms with E-state index in [9.17, 15) is 19.4 Å². The number of aliphatic carboxylic acids is 1. The number of carbonyl (C=O) groups is 1. The van der Waals surface area contributed by atoms with Crippen molar-refractivity contribution in [3.05, 3.63) is 35.5 Å². The van der Waals surface area contributed by atoms with E-state index in [0.717, 1.165) is 32.2 Å². The van der Waals surface area contributed by atoms with Gasteiger partial charge in [-0.15, -0.1) is 0 Å². The van der Waals surface area contributed by atoms with Crippen LogP contribution in [0.15, 0.2) is 35.5 Å². The Hall–Kier alpha value is -1.50. The van der Waals surface area contributed by atoms with E-state index in [1.54, 1.807) is 0 Å². The molecular formula is C44H68FNO4. The first-order chi connectivity index (χ1) is 23.5. The van der Waals surface area contributed by atoms with Gasteiger partial charge in [-0.3, -0.25) is 4.79 Å². The van der Waals surface area contributed by atoms with Crippen LogP contribution < -0.4 is 5.32 Å². The zero-order valence-corrected chi connectivity index (χ0v) is 32.3. The van der Waals surface area contributed by atoms with Crippen LogP contribution >= 0.6 is 0 Å². The molecule has 0 aromatic heterocycles. The van der Waals surface area contributed by atoms with E-state index in [4.69, 9.17) is 4.74 Å². The summed E-state index contributed by atoms with van der Waals surface area (Å²) in [5.74, 6) is 2.06. The maximum Gasteiger partial charge on any atom is 0.312 e. The van der Waals surface area contributed by atoms with E-state index >= 15 is 0 Å². The van der Waals surface area contributed by atoms with Crippen LogP contribution in [0, 0.1) is 56.7 Å². The van der Waals surface area contributed by atoms with Crippen molar-refractivity contribution in [1.82, 2.24) is 5.32 Å². The summed E-state index contributed by atoms with van der Waals surface area (Å²) in [6, 6.07) is 0. The van der Waals surface area contributed by atoms with Crippen molar-refractivity contribution in [1.29, 1.82) is 0 Å². The second-order valence-electron chi connectivity index (χ2n) is 20.1. The molecule has 5 fully saturated rings. The number of carboxylic acid groups (broad SMARTS) is 1. The lowest BCUT2D eigenvalue weighted by molar-refractivity contribution is -0.221. The molecule has 0 radical (unpaired) electrons. The number of fused-ring (bicyclic) bond motifs is 7. The van der Waals surface area contributed by atoms with Crippen molar-refractivity contribution in [2.45, 2.75) is 149 Å². The van der Waals surface area contributed by atoms with Gasteiger partial charge in [-0.05, 0) is 172 Å². The molecule has 0 aromatic rings. The third kappa shape index (κ3) is 5.32. The fraction of sp³-hybridized carbons (Fsp3) is 0.841. The van der Waals surface area contributed by atoms with Gasteiger partial charge in [0, 0.05) is 18.8 Å². The summed E-state index contributed by atoms with van der Waals surface area (Å²) in [6.07, 6.45) is 19.4. The standard InChI is InChI=1S/C44H68FNO4/c1-29(2)31-12-19-44(46-25-22-43(49)23-26-50-27-24-43)21-20-40(6)33(36(31)44)8-9-35-39(5)15-13-32(38(3,4)34(39)14-16-41(35,40)7)30-10-17-42(28-45,18-11-30)37(47)48/h10,13,31,33-36,46,49H,1,8-9,11-12,14-28H2,2-7H3,(H,47,48)/t31-,33+,34-,35+,36+,39-,40+,41+,42?,44-/m0/s1. The summed E-state index contributed by atoms with van der Waals surface area (Å²) in [5, 5.41) is 25.3. The molecule has 1 unspecified atom stereocenters. The second-order valence-corrected chi connectivity index (χ2v) is 20.1. The predicted octanol–water partition coefficient (Wildman–Crippen LogP) is 9.60. The number of rotatable bonds is 8. The average Bonchev–Trinajstić information content (AvgIpc) is 3.45. The predicted molar refractivity (Wildman–Crippen MR) is 198 cm³/mol. The number of aliphatic hydroxyl groups is 1. The third-order valence-electron chi connectivity index (χ3n) is 17.8. The van der Waals surface area contributed by atoms with Gasteiger partial charge in [-0.2, -0.15) is 0 Å². The molecule has 0 amide bonds. The van der Waals surface area contributed by atoms with Crippen LogP contribution in [-0.2, 0) is 9.53 Å². The minimum atomic E-state index is -1.25. The van der Waals surface area contributed by atoms with Gasteiger partial charge >= 0.3 is 5.97 Å². The van der Waals surface area contributed by atoms with Crippen LogP contribution in [0.25, 0.3) is 0 Å². The highest BCUT2D eigenvalue weighted by Gasteiger charge is 2.70. The van der Waals surface area contributed by atoms with E-state index in [-0.39, 0.29) is 27.2 Å². The highest BCUT2D eigenvalue weighted by Crippen LogP contribution is 2.76. The molecule has 0 aromatic carbocycles. The highest BCUT2D eigenvalue weighted by atomic mass is 19.1. The lowest BCUT2D eigenvalue weighted by Gasteiger charge is -2.72. The molecule has 0 bridgehead atoms. The topological polar surface area (TPSA) is 78.8 Å². The number of ether oxygens (including phenoxy) is 1. The van der Waals surface area contributed by atoms with Gasteiger partial charge in [0.25, 0.3) is 0 Å². The summed E-state index contributed by atoms with van der Waals surface area (Å²) in [6.45, 7) is 21.3. The summed E-state index contributed by atoms with van der Waals surface area (Å²) in [7, 11) is 0. The van der Waals surface area contributed by atoms with E-state index in [1.807, 2.05) is 0 Å². The number of hydrogen-bond acceptors (Lipinski definition) is 4. The van der Waals surface area contributed by atoms with E-state index < -0.39 is 23.7 Å². The Balaban J connectivity index is 1.15. The molecule has 10 atom stereocenters. The Morgan fingerprint density at radius 1 is 0.920 bits per heavy atom. The number of halogens is 1. The lowest BCUT2D eigenvalue weighted by atomic mass is 9.33. The highest BCUT2D eigenvalue weighted by molar-refractivity contribution is 5.75. The Labute approximate surface area is 302 Å². The minimum absolute atomic E-state index is 0.00643. The van der Waals surface area contributed by atoms with Gasteiger partial charge in [0.1, 0.15) is 6.67 Å². The van der Waals surface area contributed by atoms with Crippen molar-refractivity contribution in [2.75, 3.05) is 26.4 Å². The van der Waals surface area contributed by atoms with Crippen molar-refractivity contribution < 1.29 is 24.1 Å². The van der Waals surface area contributed by atoms with Crippen LogP contribution in [0.3, 0.4) is 0 Å². The average molecular weight is 694 g/mol. The fourth-order valence-corrected chi connectivity index (χ4v) is 14.7. The molecular weight excluding hydrogens is 625 g/mol. The molecule has 7 aliphatic rings. The molecule has 280 valence electrons. The maximum atomic E-state index is 14.0. The molecule has 0 spiro atoms. The number of hydrogen-bond donors (Lipinski definition) is 3. The molecule has 1 saturated heterocycles. The Morgan fingerprint density at radius 3 is 2.30 bits per heavy atom. The van der Waals surface area contributed by atoms with Crippen molar-refractivity contribution >= 4 is 5.97 Å². The largest absolute Gasteiger partial charge is 0.481 e. The first-order valence-electron chi connectivity index (χ1n) is 20.4. The van der Waals surface area contributed by atoms with Gasteiger partial charge in [-0.1, -0.05) is 58.9 Å². The third-order valence-corrected chi connectivity index (χ3v) is 17.8. The summed E-state index contributed by atoms with van der Waals surface area (Å²) in [4.78, 5) is 12.0. The van der Waals surface area contributed by atoms with E-state index in [0.29, 0.717) is 62.1 Å². The Kier molecular flexibility index (Phi) is 9.24. The van der Waals surface area contributed by atoms with Crippen LogP contribution in [0.4, 0.5) is 4.39 Å². The monoisotopic (exact) mass is 694 g/mol.